The van der Waals surface area contributed by atoms with Gasteiger partial charge in [0.2, 0.25) is 11.5 Å². The minimum Gasteiger partial charge on any atom is -0.374 e. The van der Waals surface area contributed by atoms with Crippen LogP contribution in [0.2, 0.25) is 0 Å². The largest absolute Gasteiger partial charge is 0.425 e. The number of aryl methyl sites for hydroxylation is 1. The first kappa shape index (κ1) is 18.4. The van der Waals surface area contributed by atoms with Crippen molar-refractivity contribution in [1.29, 1.82) is 0 Å². The van der Waals surface area contributed by atoms with Gasteiger partial charge in [0.25, 0.3) is 0 Å². The summed E-state index contributed by atoms with van der Waals surface area (Å²) in [6, 6.07) is 0. The maximum atomic E-state index is 13.3. The summed E-state index contributed by atoms with van der Waals surface area (Å²) in [6.07, 6.45) is -3.69. The molecule has 0 aromatic carbocycles. The van der Waals surface area contributed by atoms with Crippen LogP contribution in [0.5, 0.6) is 0 Å². The highest BCUT2D eigenvalue weighted by molar-refractivity contribution is 5.77. The second-order valence-corrected chi connectivity index (χ2v) is 5.52. The molecule has 1 N–H and O–H groups in total. The van der Waals surface area contributed by atoms with Crippen molar-refractivity contribution in [2.75, 3.05) is 34.2 Å². The molecule has 0 fully saturated rings. The first-order valence-electron chi connectivity index (χ1n) is 6.64. The molecule has 126 valence electrons. The van der Waals surface area contributed by atoms with Crippen LogP contribution in [-0.2, 0) is 17.4 Å². The molecule has 0 saturated carbocycles. The molecule has 9 heteroatoms. The van der Waals surface area contributed by atoms with E-state index in [9.17, 15) is 23.1 Å². The predicted molar refractivity (Wildman–Crippen MR) is 74.0 cm³/mol. The van der Waals surface area contributed by atoms with Gasteiger partial charge >= 0.3 is 6.18 Å². The normalized spacial score (nSPS) is 15.0. The van der Waals surface area contributed by atoms with Gasteiger partial charge in [-0.1, -0.05) is 0 Å². The van der Waals surface area contributed by atoms with Crippen LogP contribution in [0.1, 0.15) is 12.2 Å². The first-order chi connectivity index (χ1) is 9.99. The molecule has 1 aromatic heterocycles. The molecule has 0 aliphatic carbocycles. The highest BCUT2D eigenvalue weighted by Gasteiger charge is 2.58. The Balaban J connectivity index is 2.97. The van der Waals surface area contributed by atoms with E-state index in [1.165, 1.54) is 25.2 Å². The molecule has 22 heavy (non-hydrogen) atoms. The van der Waals surface area contributed by atoms with Crippen molar-refractivity contribution >= 4 is 5.91 Å². The molecule has 0 spiro atoms. The van der Waals surface area contributed by atoms with E-state index in [1.807, 2.05) is 0 Å². The highest BCUT2D eigenvalue weighted by atomic mass is 19.4. The Morgan fingerprint density at radius 2 is 1.91 bits per heavy atom. The summed E-state index contributed by atoms with van der Waals surface area (Å²) in [6.45, 7) is 0.773. The Morgan fingerprint density at radius 3 is 2.32 bits per heavy atom. The lowest BCUT2D eigenvalue weighted by Gasteiger charge is -2.31. The lowest BCUT2D eigenvalue weighted by molar-refractivity contribution is -0.271. The third kappa shape index (κ3) is 3.98. The number of carbonyl (C=O) groups excluding carboxylic acids is 1. The fourth-order valence-corrected chi connectivity index (χ4v) is 1.90. The summed E-state index contributed by atoms with van der Waals surface area (Å²) in [5, 5.41) is 10.1. The summed E-state index contributed by atoms with van der Waals surface area (Å²) in [7, 11) is 6.32. The summed E-state index contributed by atoms with van der Waals surface area (Å²) >= 11 is 0. The molecular weight excluding hydrogens is 301 g/mol. The van der Waals surface area contributed by atoms with Crippen molar-refractivity contribution in [3.05, 3.63) is 18.2 Å². The Bertz CT molecular complexity index is 516. The Morgan fingerprint density at radius 1 is 1.32 bits per heavy atom. The quantitative estimate of drug-likeness (QED) is 0.832. The number of hydrogen-bond acceptors (Lipinski definition) is 4. The van der Waals surface area contributed by atoms with Crippen molar-refractivity contribution in [2.45, 2.75) is 18.2 Å². The van der Waals surface area contributed by atoms with Crippen LogP contribution in [0.15, 0.2) is 12.4 Å². The second kappa shape index (κ2) is 6.66. The molecule has 1 rings (SSSR count). The minimum atomic E-state index is -5.01. The van der Waals surface area contributed by atoms with E-state index < -0.39 is 29.9 Å². The molecule has 0 aliphatic heterocycles. The summed E-state index contributed by atoms with van der Waals surface area (Å²) in [5.41, 5.74) is -3.31. The van der Waals surface area contributed by atoms with Gasteiger partial charge in [0.1, 0.15) is 0 Å². The van der Waals surface area contributed by atoms with E-state index in [-0.39, 0.29) is 6.54 Å². The topological polar surface area (TPSA) is 61.6 Å². The van der Waals surface area contributed by atoms with Crippen LogP contribution in [0.3, 0.4) is 0 Å². The lowest BCUT2D eigenvalue weighted by Crippen LogP contribution is -2.48. The molecule has 0 radical (unpaired) electrons. The van der Waals surface area contributed by atoms with Crippen LogP contribution in [-0.4, -0.2) is 70.8 Å². The zero-order chi connectivity index (χ0) is 17.1. The molecule has 1 aromatic rings. The van der Waals surface area contributed by atoms with Crippen LogP contribution in [0, 0.1) is 0 Å². The van der Waals surface area contributed by atoms with Crippen LogP contribution >= 0.6 is 0 Å². The Labute approximate surface area is 127 Å². The molecule has 0 aliphatic rings. The third-order valence-electron chi connectivity index (χ3n) is 3.38. The number of aromatic nitrogens is 2. The Kier molecular flexibility index (Phi) is 5.58. The smallest absolute Gasteiger partial charge is 0.374 e. The third-order valence-corrected chi connectivity index (χ3v) is 3.38. The number of nitrogens with zero attached hydrogens (tertiary/aromatic N) is 4. The Hall–Kier alpha value is -1.61. The standard InChI is InChI=1S/C13H21F3N4O2/c1-18(2)7-8-19(3)10(21)9-12(22,13(14,15)16)11-17-5-6-20(11)4/h5-6,22H,7-9H2,1-4H3. The monoisotopic (exact) mass is 322 g/mol. The average molecular weight is 322 g/mol. The number of amides is 1. The molecule has 0 saturated heterocycles. The van der Waals surface area contributed by atoms with E-state index in [1.54, 1.807) is 19.0 Å². The summed E-state index contributed by atoms with van der Waals surface area (Å²) < 4.78 is 41.0. The van der Waals surface area contributed by atoms with Gasteiger partial charge in [-0.2, -0.15) is 13.2 Å². The predicted octanol–water partition coefficient (Wildman–Crippen LogP) is 0.580. The van der Waals surface area contributed by atoms with E-state index >= 15 is 0 Å². The zero-order valence-corrected chi connectivity index (χ0v) is 13.1. The fourth-order valence-electron chi connectivity index (χ4n) is 1.90. The molecule has 1 heterocycles. The maximum absolute atomic E-state index is 13.3. The number of carbonyl (C=O) groups is 1. The van der Waals surface area contributed by atoms with Crippen molar-refractivity contribution in [3.8, 4) is 0 Å². The number of halogens is 3. The van der Waals surface area contributed by atoms with E-state index in [4.69, 9.17) is 0 Å². The molecule has 6 nitrogen and oxygen atoms in total. The van der Waals surface area contributed by atoms with Gasteiger partial charge in [0.15, 0.2) is 5.82 Å². The molecule has 1 atom stereocenters. The van der Waals surface area contributed by atoms with E-state index in [0.29, 0.717) is 6.54 Å². The fraction of sp³-hybridized carbons (Fsp3) is 0.692. The number of aliphatic hydroxyl groups is 1. The first-order valence-corrected chi connectivity index (χ1v) is 6.64. The maximum Gasteiger partial charge on any atom is 0.425 e. The lowest BCUT2D eigenvalue weighted by atomic mass is 9.97. The zero-order valence-electron chi connectivity index (χ0n) is 13.1. The van der Waals surface area contributed by atoms with Gasteiger partial charge in [-0.3, -0.25) is 4.79 Å². The van der Waals surface area contributed by atoms with Gasteiger partial charge in [-0.25, -0.2) is 4.98 Å². The van der Waals surface area contributed by atoms with E-state index in [0.717, 1.165) is 10.8 Å². The van der Waals surface area contributed by atoms with Gasteiger partial charge in [-0.15, -0.1) is 0 Å². The van der Waals surface area contributed by atoms with Gasteiger partial charge in [0.05, 0.1) is 6.42 Å². The van der Waals surface area contributed by atoms with Crippen LogP contribution < -0.4 is 0 Å². The summed E-state index contributed by atoms with van der Waals surface area (Å²) in [4.78, 5) is 18.6. The van der Waals surface area contributed by atoms with Gasteiger partial charge in [-0.05, 0) is 14.1 Å². The van der Waals surface area contributed by atoms with Crippen molar-refractivity contribution < 1.29 is 23.1 Å². The second-order valence-electron chi connectivity index (χ2n) is 5.52. The van der Waals surface area contributed by atoms with Crippen LogP contribution in [0.4, 0.5) is 13.2 Å². The number of imidazole rings is 1. The molecular formula is C13H21F3N4O2. The average Bonchev–Trinajstić information content (AvgIpc) is 2.80. The van der Waals surface area contributed by atoms with E-state index in [2.05, 4.69) is 4.98 Å². The highest BCUT2D eigenvalue weighted by Crippen LogP contribution is 2.40. The van der Waals surface area contributed by atoms with Crippen LogP contribution in [0.25, 0.3) is 0 Å². The number of hydrogen-bond donors (Lipinski definition) is 1. The van der Waals surface area contributed by atoms with Crippen molar-refractivity contribution in [3.63, 3.8) is 0 Å². The summed E-state index contributed by atoms with van der Waals surface area (Å²) in [5.74, 6) is -1.40. The molecule has 1 unspecified atom stereocenters. The minimum absolute atomic E-state index is 0.264. The number of alkyl halides is 3. The van der Waals surface area contributed by atoms with Gasteiger partial charge < -0.3 is 19.5 Å². The number of rotatable bonds is 6. The van der Waals surface area contributed by atoms with Crippen molar-refractivity contribution in [1.82, 2.24) is 19.4 Å². The SMILES string of the molecule is CN(C)CCN(C)C(=O)CC(O)(c1nccn1C)C(F)(F)F. The number of likely N-dealkylation sites (N-methyl/N-ethyl adjacent to an activating group) is 2. The van der Waals surface area contributed by atoms with Crippen molar-refractivity contribution in [2.24, 2.45) is 7.05 Å². The molecule has 1 amide bonds. The van der Waals surface area contributed by atoms with Gasteiger partial charge in [0, 0.05) is 39.6 Å². The molecule has 0 bridgehead atoms.